The third kappa shape index (κ3) is 4.19. The first-order chi connectivity index (χ1) is 13.6. The highest BCUT2D eigenvalue weighted by atomic mass is 32.2. The molecule has 0 amide bonds. The van der Waals surface area contributed by atoms with Gasteiger partial charge in [0.15, 0.2) is 0 Å². The third-order valence-electron chi connectivity index (χ3n) is 5.66. The summed E-state index contributed by atoms with van der Waals surface area (Å²) in [6.07, 6.45) is 3.39. The lowest BCUT2D eigenvalue weighted by molar-refractivity contribution is 0.0793. The van der Waals surface area contributed by atoms with Gasteiger partial charge in [-0.25, -0.2) is 17.3 Å². The lowest BCUT2D eigenvalue weighted by Gasteiger charge is -2.32. The van der Waals surface area contributed by atoms with Crippen molar-refractivity contribution in [2.45, 2.75) is 43.4 Å². The van der Waals surface area contributed by atoms with Crippen LogP contribution in [0.15, 0.2) is 42.5 Å². The van der Waals surface area contributed by atoms with E-state index in [1.807, 2.05) is 30.3 Å². The quantitative estimate of drug-likeness (QED) is 0.727. The molecule has 0 saturated carbocycles. The maximum Gasteiger partial charge on any atom is 0.128 e. The summed E-state index contributed by atoms with van der Waals surface area (Å²) in [5.41, 5.74) is 1.69. The van der Waals surface area contributed by atoms with Crippen LogP contribution in [0.3, 0.4) is 0 Å². The van der Waals surface area contributed by atoms with Crippen LogP contribution in [-0.2, 0) is 22.3 Å². The molecule has 2 aliphatic rings. The van der Waals surface area contributed by atoms with Crippen LogP contribution < -0.4 is 0 Å². The van der Waals surface area contributed by atoms with Crippen molar-refractivity contribution in [3.05, 3.63) is 70.8 Å². The standard InChI is InChI=1S/C22H25F2NO2S/c23-20-13-19(17-8-5-11-27-15-17)21(24)12-18(20)14-25-10-4-9-22(28(25)26)16-6-2-1-3-7-16/h1-3,6-7,12-13,17,22H,4-5,8-11,14-15H2/t17-,22-,28?/m1/s1. The molecular weight excluding hydrogens is 380 g/mol. The first kappa shape index (κ1) is 19.7. The summed E-state index contributed by atoms with van der Waals surface area (Å²) in [5, 5.41) is -0.0958. The van der Waals surface area contributed by atoms with E-state index < -0.39 is 22.6 Å². The maximum atomic E-state index is 14.8. The first-order valence-corrected chi connectivity index (χ1v) is 11.1. The van der Waals surface area contributed by atoms with E-state index in [9.17, 15) is 13.0 Å². The highest BCUT2D eigenvalue weighted by Crippen LogP contribution is 2.34. The van der Waals surface area contributed by atoms with Gasteiger partial charge in [0, 0.05) is 31.2 Å². The lowest BCUT2D eigenvalue weighted by atomic mass is 9.92. The molecule has 0 aliphatic carbocycles. The highest BCUT2D eigenvalue weighted by Gasteiger charge is 2.30. The van der Waals surface area contributed by atoms with Gasteiger partial charge in [0.1, 0.15) is 22.6 Å². The monoisotopic (exact) mass is 405 g/mol. The molecule has 2 aromatic carbocycles. The Bertz CT molecular complexity index is 840. The van der Waals surface area contributed by atoms with Crippen LogP contribution >= 0.6 is 0 Å². The average Bonchev–Trinajstić information content (AvgIpc) is 2.73. The van der Waals surface area contributed by atoms with Crippen LogP contribution in [0.25, 0.3) is 0 Å². The van der Waals surface area contributed by atoms with Crippen LogP contribution in [0.1, 0.15) is 53.5 Å². The number of ether oxygens (including phenoxy) is 1. The number of nitrogens with zero attached hydrogens (tertiary/aromatic N) is 1. The molecule has 2 heterocycles. The molecule has 150 valence electrons. The summed E-state index contributed by atoms with van der Waals surface area (Å²) in [6.45, 7) is 1.89. The van der Waals surface area contributed by atoms with Gasteiger partial charge in [-0.15, -0.1) is 0 Å². The number of hydrogen-bond acceptors (Lipinski definition) is 2. The van der Waals surface area contributed by atoms with Crippen molar-refractivity contribution in [2.75, 3.05) is 19.8 Å². The zero-order chi connectivity index (χ0) is 19.5. The minimum Gasteiger partial charge on any atom is -0.381 e. The number of hydrogen-bond donors (Lipinski definition) is 0. The summed E-state index contributed by atoms with van der Waals surface area (Å²) >= 11 is 0. The van der Waals surface area contributed by atoms with Gasteiger partial charge in [-0.1, -0.05) is 30.3 Å². The molecule has 2 aliphatic heterocycles. The highest BCUT2D eigenvalue weighted by molar-refractivity contribution is 7.82. The Balaban J connectivity index is 1.52. The predicted octanol–water partition coefficient (Wildman–Crippen LogP) is 4.86. The molecule has 6 heteroatoms. The minimum atomic E-state index is -1.27. The maximum absolute atomic E-state index is 14.8. The van der Waals surface area contributed by atoms with E-state index in [0.717, 1.165) is 31.2 Å². The molecule has 1 unspecified atom stereocenters. The molecule has 28 heavy (non-hydrogen) atoms. The van der Waals surface area contributed by atoms with Crippen LogP contribution in [0, 0.1) is 11.6 Å². The smallest absolute Gasteiger partial charge is 0.128 e. The Kier molecular flexibility index (Phi) is 6.19. The molecular formula is C22H25F2NO2S. The van der Waals surface area contributed by atoms with E-state index in [4.69, 9.17) is 4.74 Å². The van der Waals surface area contributed by atoms with E-state index in [1.54, 1.807) is 4.31 Å². The van der Waals surface area contributed by atoms with Crippen molar-refractivity contribution >= 4 is 11.0 Å². The molecule has 3 nitrogen and oxygen atoms in total. The van der Waals surface area contributed by atoms with Gasteiger partial charge in [-0.3, -0.25) is 0 Å². The zero-order valence-electron chi connectivity index (χ0n) is 15.8. The Labute approximate surface area is 167 Å². The summed E-state index contributed by atoms with van der Waals surface area (Å²) in [6, 6.07) is 12.4. The van der Waals surface area contributed by atoms with Gasteiger partial charge < -0.3 is 4.74 Å². The number of benzene rings is 2. The second kappa shape index (κ2) is 8.80. The summed E-state index contributed by atoms with van der Waals surface area (Å²) in [7, 11) is -1.27. The third-order valence-corrected chi connectivity index (χ3v) is 7.47. The minimum absolute atomic E-state index is 0.0936. The second-order valence-electron chi connectivity index (χ2n) is 7.56. The second-order valence-corrected chi connectivity index (χ2v) is 9.20. The fourth-order valence-corrected chi connectivity index (χ4v) is 5.82. The zero-order valence-corrected chi connectivity index (χ0v) is 16.6. The Morgan fingerprint density at radius 3 is 2.64 bits per heavy atom. The Morgan fingerprint density at radius 1 is 1.07 bits per heavy atom. The largest absolute Gasteiger partial charge is 0.381 e. The molecule has 0 aromatic heterocycles. The molecule has 0 radical (unpaired) electrons. The fraction of sp³-hybridized carbons (Fsp3) is 0.455. The summed E-state index contributed by atoms with van der Waals surface area (Å²) in [5.74, 6) is -0.918. The molecule has 0 spiro atoms. The van der Waals surface area contributed by atoms with Crippen molar-refractivity contribution in [3.63, 3.8) is 0 Å². The van der Waals surface area contributed by atoms with Crippen LogP contribution in [0.4, 0.5) is 8.78 Å². The first-order valence-electron chi connectivity index (χ1n) is 9.89. The van der Waals surface area contributed by atoms with Crippen LogP contribution in [0.2, 0.25) is 0 Å². The van der Waals surface area contributed by atoms with Gasteiger partial charge in [0.2, 0.25) is 0 Å². The molecule has 2 fully saturated rings. The van der Waals surface area contributed by atoms with Gasteiger partial charge >= 0.3 is 0 Å². The summed E-state index contributed by atoms with van der Waals surface area (Å²) < 4.78 is 49.7. The molecule has 0 N–H and O–H groups in total. The van der Waals surface area contributed by atoms with E-state index >= 15 is 0 Å². The topological polar surface area (TPSA) is 29.5 Å². The number of rotatable bonds is 4. The van der Waals surface area contributed by atoms with E-state index in [2.05, 4.69) is 0 Å². The van der Waals surface area contributed by atoms with Crippen molar-refractivity contribution in [1.82, 2.24) is 4.31 Å². The van der Waals surface area contributed by atoms with Gasteiger partial charge in [0.25, 0.3) is 0 Å². The van der Waals surface area contributed by atoms with Gasteiger partial charge in [0.05, 0.1) is 11.9 Å². The van der Waals surface area contributed by atoms with Gasteiger partial charge in [-0.2, -0.15) is 0 Å². The predicted molar refractivity (Wildman–Crippen MR) is 106 cm³/mol. The van der Waals surface area contributed by atoms with Crippen LogP contribution in [-0.4, -0.2) is 28.3 Å². The molecule has 0 bridgehead atoms. The summed E-state index contributed by atoms with van der Waals surface area (Å²) in [4.78, 5) is 0. The molecule has 2 saturated heterocycles. The van der Waals surface area contributed by atoms with E-state index in [-0.39, 0.29) is 23.3 Å². The normalized spacial score (nSPS) is 26.3. The molecule has 4 rings (SSSR count). The van der Waals surface area contributed by atoms with Crippen molar-refractivity contribution < 1.29 is 17.7 Å². The SMILES string of the molecule is O=S1[C@@H](c2ccccc2)CCCN1Cc1cc(F)c([C@@H]2CCCOC2)cc1F. The Hall–Kier alpha value is -1.63. The molecule has 3 atom stereocenters. The van der Waals surface area contributed by atoms with E-state index in [0.29, 0.717) is 25.3 Å². The van der Waals surface area contributed by atoms with E-state index in [1.165, 1.54) is 12.1 Å². The van der Waals surface area contributed by atoms with Crippen LogP contribution in [0.5, 0.6) is 0 Å². The number of halogens is 2. The van der Waals surface area contributed by atoms with Gasteiger partial charge in [-0.05, 0) is 48.9 Å². The lowest BCUT2D eigenvalue weighted by Crippen LogP contribution is -2.35. The van der Waals surface area contributed by atoms with Crippen molar-refractivity contribution in [2.24, 2.45) is 0 Å². The van der Waals surface area contributed by atoms with Crippen molar-refractivity contribution in [1.29, 1.82) is 0 Å². The molecule has 2 aromatic rings. The average molecular weight is 406 g/mol. The Morgan fingerprint density at radius 2 is 1.89 bits per heavy atom. The van der Waals surface area contributed by atoms with Crippen molar-refractivity contribution in [3.8, 4) is 0 Å². The fourth-order valence-electron chi connectivity index (χ4n) is 4.13.